The number of aromatic hydroxyl groups is 1. The van der Waals surface area contributed by atoms with Gasteiger partial charge in [-0.25, -0.2) is 0 Å². The molecule has 0 aliphatic heterocycles. The van der Waals surface area contributed by atoms with Crippen molar-refractivity contribution in [3.05, 3.63) is 82.9 Å². The predicted octanol–water partition coefficient (Wildman–Crippen LogP) is 8.44. The van der Waals surface area contributed by atoms with Crippen LogP contribution in [0.3, 0.4) is 0 Å². The number of rotatable bonds is 11. The molecule has 5 heteroatoms. The number of ether oxygens (including phenoxy) is 3. The molecular formula is C34H38O4S. The van der Waals surface area contributed by atoms with Crippen molar-refractivity contribution in [2.45, 2.75) is 55.7 Å². The van der Waals surface area contributed by atoms with Gasteiger partial charge in [-0.15, -0.1) is 0 Å². The Morgan fingerprint density at radius 3 is 2.10 bits per heavy atom. The lowest BCUT2D eigenvalue weighted by molar-refractivity contribution is 0.105. The fourth-order valence-electron chi connectivity index (χ4n) is 6.10. The number of methoxy groups -OCH3 is 1. The summed E-state index contributed by atoms with van der Waals surface area (Å²) in [4.78, 5) is 2.27. The predicted molar refractivity (Wildman–Crippen MR) is 161 cm³/mol. The van der Waals surface area contributed by atoms with Crippen LogP contribution in [0.4, 0.5) is 0 Å². The zero-order chi connectivity index (χ0) is 27.6. The van der Waals surface area contributed by atoms with E-state index in [9.17, 15) is 5.11 Å². The molecule has 4 aromatic rings. The maximum absolute atomic E-state index is 11.5. The Bertz CT molecular complexity index is 1460. The standard InChI is InChI=1S/C34H38O4S/c1-6-37-17-15-34(16-18-38-7-2)27-14-9-8-13-24(27)32-26-20-31(39-33-22(3)11-10-12-23(33)4)30(36-5)19-25(26)29(35)21-28(32)34/h8-14,19-21,35H,6-7,15-18H2,1-5H3. The van der Waals surface area contributed by atoms with Gasteiger partial charge in [0.1, 0.15) is 11.5 Å². The van der Waals surface area contributed by atoms with E-state index in [0.717, 1.165) is 39.8 Å². The number of aryl methyl sites for hydroxylation is 2. The van der Waals surface area contributed by atoms with E-state index in [1.807, 2.05) is 26.0 Å². The minimum atomic E-state index is -0.304. The third kappa shape index (κ3) is 4.93. The molecule has 0 aromatic heterocycles. The molecule has 0 heterocycles. The van der Waals surface area contributed by atoms with Crippen molar-refractivity contribution in [2.24, 2.45) is 0 Å². The van der Waals surface area contributed by atoms with Gasteiger partial charge in [0.15, 0.2) is 0 Å². The molecule has 0 bridgehead atoms. The number of hydrogen-bond acceptors (Lipinski definition) is 5. The first kappa shape index (κ1) is 27.6. The van der Waals surface area contributed by atoms with Crippen LogP contribution in [0.1, 0.15) is 48.9 Å². The fourth-order valence-corrected chi connectivity index (χ4v) is 7.19. The van der Waals surface area contributed by atoms with Crippen LogP contribution < -0.4 is 4.74 Å². The van der Waals surface area contributed by atoms with E-state index in [1.165, 1.54) is 32.7 Å². The average Bonchev–Trinajstić information content (AvgIpc) is 3.20. The number of fused-ring (bicyclic) bond motifs is 5. The minimum Gasteiger partial charge on any atom is -0.507 e. The van der Waals surface area contributed by atoms with Crippen LogP contribution in [0.15, 0.2) is 70.5 Å². The number of hydrogen-bond donors (Lipinski definition) is 1. The first-order chi connectivity index (χ1) is 18.9. The molecule has 1 N–H and O–H groups in total. The Morgan fingerprint density at radius 1 is 0.795 bits per heavy atom. The molecule has 0 unspecified atom stereocenters. The van der Waals surface area contributed by atoms with Gasteiger partial charge in [0.2, 0.25) is 0 Å². The van der Waals surface area contributed by atoms with Gasteiger partial charge in [0.25, 0.3) is 0 Å². The molecule has 4 aromatic carbocycles. The number of phenolic OH excluding ortho intramolecular Hbond substituents is 1. The molecule has 204 valence electrons. The molecule has 5 rings (SSSR count). The van der Waals surface area contributed by atoms with E-state index in [2.05, 4.69) is 62.4 Å². The Kier molecular flexibility index (Phi) is 8.22. The SMILES string of the molecule is CCOCCC1(CCOCC)c2ccccc2-c2c1cc(O)c1cc(OC)c(Sc3c(C)cccc3C)cc21. The van der Waals surface area contributed by atoms with Crippen molar-refractivity contribution in [3.8, 4) is 22.6 Å². The smallest absolute Gasteiger partial charge is 0.133 e. The van der Waals surface area contributed by atoms with E-state index in [4.69, 9.17) is 14.2 Å². The number of benzene rings is 4. The van der Waals surface area contributed by atoms with Gasteiger partial charge >= 0.3 is 0 Å². The van der Waals surface area contributed by atoms with Crippen molar-refractivity contribution in [1.82, 2.24) is 0 Å². The highest BCUT2D eigenvalue weighted by Gasteiger charge is 2.44. The van der Waals surface area contributed by atoms with Gasteiger partial charge in [0.05, 0.1) is 12.0 Å². The molecule has 0 radical (unpaired) electrons. The second kappa shape index (κ2) is 11.6. The minimum absolute atomic E-state index is 0.274. The van der Waals surface area contributed by atoms with Crippen molar-refractivity contribution < 1.29 is 19.3 Å². The second-order valence-corrected chi connectivity index (χ2v) is 11.3. The van der Waals surface area contributed by atoms with Crippen molar-refractivity contribution in [1.29, 1.82) is 0 Å². The Balaban J connectivity index is 1.76. The molecule has 1 aliphatic carbocycles. The maximum atomic E-state index is 11.5. The van der Waals surface area contributed by atoms with Crippen LogP contribution in [-0.2, 0) is 14.9 Å². The van der Waals surface area contributed by atoms with Gasteiger partial charge in [0, 0.05) is 42.1 Å². The number of phenols is 1. The highest BCUT2D eigenvalue weighted by molar-refractivity contribution is 7.99. The van der Waals surface area contributed by atoms with E-state index in [1.54, 1.807) is 18.9 Å². The quantitative estimate of drug-likeness (QED) is 0.193. The topological polar surface area (TPSA) is 47.9 Å². The van der Waals surface area contributed by atoms with E-state index < -0.39 is 0 Å². The molecule has 0 saturated carbocycles. The van der Waals surface area contributed by atoms with Crippen LogP contribution >= 0.6 is 11.8 Å². The van der Waals surface area contributed by atoms with Gasteiger partial charge in [-0.3, -0.25) is 0 Å². The molecule has 4 nitrogen and oxygen atoms in total. The highest BCUT2D eigenvalue weighted by atomic mass is 32.2. The van der Waals surface area contributed by atoms with E-state index in [-0.39, 0.29) is 11.2 Å². The summed E-state index contributed by atoms with van der Waals surface area (Å²) in [5, 5.41) is 13.3. The normalized spacial score (nSPS) is 13.5. The lowest BCUT2D eigenvalue weighted by atomic mass is 9.73. The van der Waals surface area contributed by atoms with E-state index >= 15 is 0 Å². The summed E-state index contributed by atoms with van der Waals surface area (Å²) in [7, 11) is 1.70. The molecule has 0 spiro atoms. The molecule has 1 aliphatic rings. The summed E-state index contributed by atoms with van der Waals surface area (Å²) < 4.78 is 17.6. The van der Waals surface area contributed by atoms with Crippen LogP contribution in [0.2, 0.25) is 0 Å². The largest absolute Gasteiger partial charge is 0.507 e. The van der Waals surface area contributed by atoms with Crippen LogP contribution in [-0.4, -0.2) is 38.6 Å². The Morgan fingerprint density at radius 2 is 1.46 bits per heavy atom. The first-order valence-electron chi connectivity index (χ1n) is 13.8. The van der Waals surface area contributed by atoms with Crippen LogP contribution in [0.25, 0.3) is 21.9 Å². The summed E-state index contributed by atoms with van der Waals surface area (Å²) in [6.07, 6.45) is 1.64. The lowest BCUT2D eigenvalue weighted by Gasteiger charge is -2.32. The van der Waals surface area contributed by atoms with Crippen molar-refractivity contribution in [2.75, 3.05) is 33.5 Å². The Hall–Kier alpha value is -2.99. The third-order valence-electron chi connectivity index (χ3n) is 8.00. The molecule has 0 fully saturated rings. The monoisotopic (exact) mass is 542 g/mol. The molecular weight excluding hydrogens is 504 g/mol. The zero-order valence-corrected chi connectivity index (χ0v) is 24.4. The first-order valence-corrected chi connectivity index (χ1v) is 14.6. The fraction of sp³-hybridized carbons (Fsp3) is 0.353. The highest BCUT2D eigenvalue weighted by Crippen LogP contribution is 2.57. The summed E-state index contributed by atoms with van der Waals surface area (Å²) in [6, 6.07) is 21.3. The summed E-state index contributed by atoms with van der Waals surface area (Å²) in [5.74, 6) is 1.03. The van der Waals surface area contributed by atoms with Gasteiger partial charge in [-0.05, 0) is 97.5 Å². The van der Waals surface area contributed by atoms with Crippen LogP contribution in [0, 0.1) is 13.8 Å². The molecule has 0 atom stereocenters. The summed E-state index contributed by atoms with van der Waals surface area (Å²) in [6.45, 7) is 11.0. The lowest BCUT2D eigenvalue weighted by Crippen LogP contribution is -2.29. The molecule has 39 heavy (non-hydrogen) atoms. The Labute approximate surface area is 236 Å². The summed E-state index contributed by atoms with van der Waals surface area (Å²) in [5.41, 5.74) is 7.02. The van der Waals surface area contributed by atoms with Gasteiger partial charge < -0.3 is 19.3 Å². The second-order valence-electron chi connectivity index (χ2n) is 10.2. The maximum Gasteiger partial charge on any atom is 0.133 e. The average molecular weight is 543 g/mol. The third-order valence-corrected chi connectivity index (χ3v) is 9.39. The van der Waals surface area contributed by atoms with Gasteiger partial charge in [-0.2, -0.15) is 0 Å². The van der Waals surface area contributed by atoms with Crippen molar-refractivity contribution in [3.63, 3.8) is 0 Å². The molecule has 0 saturated heterocycles. The molecule has 0 amide bonds. The van der Waals surface area contributed by atoms with Crippen molar-refractivity contribution >= 4 is 22.5 Å². The summed E-state index contributed by atoms with van der Waals surface area (Å²) >= 11 is 1.73. The zero-order valence-electron chi connectivity index (χ0n) is 23.6. The van der Waals surface area contributed by atoms with E-state index in [0.29, 0.717) is 26.4 Å². The van der Waals surface area contributed by atoms with Crippen LogP contribution in [0.5, 0.6) is 11.5 Å². The van der Waals surface area contributed by atoms with Gasteiger partial charge in [-0.1, -0.05) is 54.2 Å².